The van der Waals surface area contributed by atoms with Gasteiger partial charge in [0.1, 0.15) is 37.5 Å². The van der Waals surface area contributed by atoms with Crippen molar-refractivity contribution in [3.8, 4) is 0 Å². The van der Waals surface area contributed by atoms with Gasteiger partial charge in [-0.15, -0.1) is 0 Å². The van der Waals surface area contributed by atoms with Crippen molar-refractivity contribution in [2.45, 2.75) is 19.6 Å². The predicted octanol–water partition coefficient (Wildman–Crippen LogP) is 1.61. The number of rotatable bonds is 18. The summed E-state index contributed by atoms with van der Waals surface area (Å²) in [4.78, 5) is 114. The lowest BCUT2D eigenvalue weighted by molar-refractivity contribution is 0.162. The molecule has 24 heteroatoms. The molecule has 228 valence electrons. The summed E-state index contributed by atoms with van der Waals surface area (Å²) in [6.07, 6.45) is 3.89. The van der Waals surface area contributed by atoms with E-state index >= 15 is 0 Å². The minimum Gasteiger partial charge on any atom is -0.455 e. The number of carbonyl (C=O) groups excluding carboxylic acids is 6. The first kappa shape index (κ1) is 37.1. The van der Waals surface area contributed by atoms with Crippen molar-refractivity contribution in [3.05, 3.63) is 31.5 Å². The highest BCUT2D eigenvalue weighted by Gasteiger charge is 2.17. The molecule has 1 heterocycles. The van der Waals surface area contributed by atoms with E-state index in [1.807, 2.05) is 0 Å². The van der Waals surface area contributed by atoms with Crippen molar-refractivity contribution >= 4 is 98.9 Å². The number of isocyanates is 3. The summed E-state index contributed by atoms with van der Waals surface area (Å²) in [5, 5.41) is -2.40. The van der Waals surface area contributed by atoms with Crippen molar-refractivity contribution in [2.24, 2.45) is 15.0 Å². The summed E-state index contributed by atoms with van der Waals surface area (Å²) in [7, 11) is 4.49. The molecule has 0 N–H and O–H groups in total. The lowest BCUT2D eigenvalue weighted by Gasteiger charge is -2.14. The van der Waals surface area contributed by atoms with Crippen LogP contribution in [0.2, 0.25) is 0 Å². The van der Waals surface area contributed by atoms with Crippen LogP contribution in [0, 0.1) is 0 Å². The third kappa shape index (κ3) is 14.8. The summed E-state index contributed by atoms with van der Waals surface area (Å²) in [5.41, 5.74) is -3.26. The van der Waals surface area contributed by atoms with Crippen LogP contribution in [-0.4, -0.2) is 85.3 Å². The van der Waals surface area contributed by atoms with Crippen LogP contribution in [0.1, 0.15) is 0 Å². The first-order chi connectivity index (χ1) is 20.3. The maximum Gasteiger partial charge on any atom is 0.378 e. The Balaban J connectivity index is 3.01. The van der Waals surface area contributed by atoms with Crippen molar-refractivity contribution in [2.75, 3.05) is 37.5 Å². The predicted molar refractivity (Wildman–Crippen MR) is 158 cm³/mol. The van der Waals surface area contributed by atoms with Gasteiger partial charge in [-0.25, -0.2) is 56.9 Å². The zero-order valence-corrected chi connectivity index (χ0v) is 25.8. The van der Waals surface area contributed by atoms with E-state index < -0.39 is 72.4 Å². The second-order valence-electron chi connectivity index (χ2n) is 6.34. The number of hydrogen-bond acceptors (Lipinski definition) is 21. The first-order valence-electron chi connectivity index (χ1n) is 10.7. The zero-order chi connectivity index (χ0) is 31.2. The van der Waals surface area contributed by atoms with E-state index in [1.165, 1.54) is 18.2 Å². The van der Waals surface area contributed by atoms with E-state index in [-0.39, 0.29) is 17.6 Å². The van der Waals surface area contributed by atoms with Gasteiger partial charge < -0.3 is 14.2 Å². The summed E-state index contributed by atoms with van der Waals surface area (Å²) in [6.45, 7) is -2.74. The maximum absolute atomic E-state index is 12.9. The molecule has 1 aromatic heterocycles. The van der Waals surface area contributed by atoms with Crippen LogP contribution in [0.15, 0.2) is 29.4 Å². The normalized spacial score (nSPS) is 10.0. The number of aromatic nitrogens is 3. The second kappa shape index (κ2) is 22.6. The number of hydrogen-bond donors (Lipinski definition) is 0. The van der Waals surface area contributed by atoms with E-state index in [1.54, 1.807) is 0 Å². The number of carbonyl (C=O) groups is 3. The standard InChI is InChI=1S/C18H18N6O12S6/c25-7-19-10-37-40-16(31)34-4-1-22-13(28)23(2-5-35-17(32)41-38-11-20-8-26)15(30)24(14(22)29)3-6-36-18(33)42-39-12-21-9-27/h1-6,10-12H2. The molecule has 1 aromatic rings. The van der Waals surface area contributed by atoms with Crippen LogP contribution in [0.5, 0.6) is 0 Å². The minimum absolute atomic E-state index is 0.0543. The zero-order valence-electron chi connectivity index (χ0n) is 20.9. The maximum atomic E-state index is 12.9. The van der Waals surface area contributed by atoms with Crippen molar-refractivity contribution in [1.29, 1.82) is 0 Å². The SMILES string of the molecule is O=C=NCSSC(=O)OCCn1c(=O)n(CCOC(=O)SSCN=C=O)c(=O)n(CCOC(=O)SSCN=C=O)c1=O. The Morgan fingerprint density at radius 3 is 1.05 bits per heavy atom. The van der Waals surface area contributed by atoms with Gasteiger partial charge in [-0.1, -0.05) is 32.4 Å². The van der Waals surface area contributed by atoms with E-state index in [0.717, 1.165) is 32.4 Å². The average Bonchev–Trinajstić information content (AvgIpc) is 2.97. The molecule has 0 saturated heterocycles. The van der Waals surface area contributed by atoms with Gasteiger partial charge in [-0.3, -0.25) is 0 Å². The molecule has 0 aliphatic heterocycles. The van der Waals surface area contributed by atoms with Crippen LogP contribution in [0.3, 0.4) is 0 Å². The van der Waals surface area contributed by atoms with Crippen LogP contribution in [0.4, 0.5) is 14.4 Å². The smallest absolute Gasteiger partial charge is 0.378 e. The van der Waals surface area contributed by atoms with E-state index in [0.29, 0.717) is 46.1 Å². The molecule has 0 unspecified atom stereocenters. The van der Waals surface area contributed by atoms with Crippen LogP contribution >= 0.6 is 64.8 Å². The highest BCUT2D eigenvalue weighted by molar-refractivity contribution is 8.82. The quantitative estimate of drug-likeness (QED) is 0.0527. The van der Waals surface area contributed by atoms with Gasteiger partial charge in [0.2, 0.25) is 18.2 Å². The van der Waals surface area contributed by atoms with Gasteiger partial charge >= 0.3 is 33.0 Å². The molecule has 0 bridgehead atoms. The Labute approximate surface area is 258 Å². The van der Waals surface area contributed by atoms with Gasteiger partial charge in [0, 0.05) is 32.4 Å². The highest BCUT2D eigenvalue weighted by Crippen LogP contribution is 2.24. The Morgan fingerprint density at radius 2 is 0.810 bits per heavy atom. The minimum atomic E-state index is -1.09. The molecule has 0 spiro atoms. The van der Waals surface area contributed by atoms with E-state index in [2.05, 4.69) is 15.0 Å². The molecule has 0 fully saturated rings. The lowest BCUT2D eigenvalue weighted by atomic mass is 10.6. The Hall–Kier alpha value is -2.94. The molecular weight excluding hydrogens is 685 g/mol. The fourth-order valence-electron chi connectivity index (χ4n) is 2.37. The molecule has 18 nitrogen and oxygen atoms in total. The summed E-state index contributed by atoms with van der Waals surface area (Å²) < 4.78 is 16.6. The van der Waals surface area contributed by atoms with Gasteiger partial charge in [0.25, 0.3) is 0 Å². The third-order valence-electron chi connectivity index (χ3n) is 3.92. The van der Waals surface area contributed by atoms with Gasteiger partial charge in [-0.2, -0.15) is 15.0 Å². The second-order valence-corrected chi connectivity index (χ2v) is 12.9. The molecule has 0 atom stereocenters. The lowest BCUT2D eigenvalue weighted by Crippen LogP contribution is -2.55. The fraction of sp³-hybridized carbons (Fsp3) is 0.500. The van der Waals surface area contributed by atoms with E-state index in [4.69, 9.17) is 14.2 Å². The largest absolute Gasteiger partial charge is 0.455 e. The molecule has 1 rings (SSSR count). The molecule has 0 aromatic carbocycles. The number of aliphatic imine (C=N–C) groups is 3. The summed E-state index contributed by atoms with van der Waals surface area (Å²) >= 11 is 0. The summed E-state index contributed by atoms with van der Waals surface area (Å²) in [6, 6.07) is 0. The van der Waals surface area contributed by atoms with Crippen LogP contribution < -0.4 is 17.1 Å². The van der Waals surface area contributed by atoms with Crippen LogP contribution in [0.25, 0.3) is 0 Å². The average molecular weight is 703 g/mol. The van der Waals surface area contributed by atoms with Crippen LogP contribution in [-0.2, 0) is 48.2 Å². The van der Waals surface area contributed by atoms with Gasteiger partial charge in [0.15, 0.2) is 0 Å². The molecule has 0 saturated carbocycles. The highest BCUT2D eigenvalue weighted by atomic mass is 33.1. The van der Waals surface area contributed by atoms with Gasteiger partial charge in [0.05, 0.1) is 19.6 Å². The number of nitrogens with zero attached hydrogens (tertiary/aromatic N) is 6. The first-order valence-corrected chi connectivity index (χ1v) is 17.7. The Kier molecular flexibility index (Phi) is 20.0. The van der Waals surface area contributed by atoms with Crippen molar-refractivity contribution in [3.63, 3.8) is 0 Å². The molecular formula is C18H18N6O12S6. The summed E-state index contributed by atoms with van der Waals surface area (Å²) in [5.74, 6) is -0.163. The number of ether oxygens (including phenoxy) is 3. The van der Waals surface area contributed by atoms with Crippen molar-refractivity contribution in [1.82, 2.24) is 13.7 Å². The molecule has 0 amide bonds. The van der Waals surface area contributed by atoms with Gasteiger partial charge in [-0.05, 0) is 0 Å². The molecule has 0 aliphatic rings. The van der Waals surface area contributed by atoms with E-state index in [9.17, 15) is 43.2 Å². The molecule has 0 aliphatic carbocycles. The third-order valence-corrected chi connectivity index (χ3v) is 8.97. The molecule has 42 heavy (non-hydrogen) atoms. The monoisotopic (exact) mass is 702 g/mol. The topological polar surface area (TPSA) is 233 Å². The Morgan fingerprint density at radius 1 is 0.548 bits per heavy atom. The van der Waals surface area contributed by atoms with Crippen molar-refractivity contribution < 1.29 is 43.0 Å². The Bertz CT molecular complexity index is 1210. The molecule has 0 radical (unpaired) electrons. The fourth-order valence-corrected chi connectivity index (χ4v) is 5.78.